The van der Waals surface area contributed by atoms with Gasteiger partial charge in [0.15, 0.2) is 0 Å². The molecule has 1 aliphatic heterocycles. The normalized spacial score (nSPS) is 24.9. The van der Waals surface area contributed by atoms with E-state index in [1.807, 2.05) is 7.05 Å². The first-order valence-corrected chi connectivity index (χ1v) is 5.73. The maximum atomic E-state index is 3.31. The van der Waals surface area contributed by atoms with Crippen molar-refractivity contribution in [2.45, 2.75) is 32.4 Å². The van der Waals surface area contributed by atoms with E-state index in [4.69, 9.17) is 0 Å². The minimum Gasteiger partial charge on any atom is -0.317 e. The fraction of sp³-hybridized carbons (Fsp3) is 1.00. The number of hydrogen-bond donors (Lipinski definition) is 1. The van der Waals surface area contributed by atoms with Gasteiger partial charge in [0.05, 0.1) is 0 Å². The van der Waals surface area contributed by atoms with Crippen LogP contribution in [0.15, 0.2) is 0 Å². The van der Waals surface area contributed by atoms with Gasteiger partial charge in [0, 0.05) is 38.3 Å². The monoisotopic (exact) mass is 199 g/mol. The number of nitrogens with zero attached hydrogens (tertiary/aromatic N) is 2. The zero-order chi connectivity index (χ0) is 10.6. The molecule has 14 heavy (non-hydrogen) atoms. The largest absolute Gasteiger partial charge is 0.317 e. The minimum atomic E-state index is 0.629. The summed E-state index contributed by atoms with van der Waals surface area (Å²) in [6.07, 6.45) is 1.25. The molecular formula is C11H25N3. The first-order valence-electron chi connectivity index (χ1n) is 5.73. The van der Waals surface area contributed by atoms with E-state index in [2.05, 4.69) is 36.0 Å². The maximum absolute atomic E-state index is 3.31. The Morgan fingerprint density at radius 2 is 1.71 bits per heavy atom. The summed E-state index contributed by atoms with van der Waals surface area (Å²) in [4.78, 5) is 5.01. The lowest BCUT2D eigenvalue weighted by Gasteiger charge is -2.37. The van der Waals surface area contributed by atoms with Crippen LogP contribution < -0.4 is 5.32 Å². The second kappa shape index (κ2) is 5.69. The summed E-state index contributed by atoms with van der Waals surface area (Å²) in [5.41, 5.74) is 0. The van der Waals surface area contributed by atoms with Gasteiger partial charge in [0.25, 0.3) is 0 Å². The number of likely N-dealkylation sites (N-methyl/N-ethyl adjacent to an activating group) is 1. The molecule has 3 nitrogen and oxygen atoms in total. The third-order valence-corrected chi connectivity index (χ3v) is 3.35. The van der Waals surface area contributed by atoms with Crippen molar-refractivity contribution >= 4 is 0 Å². The van der Waals surface area contributed by atoms with Crippen LogP contribution in [0.2, 0.25) is 0 Å². The van der Waals surface area contributed by atoms with Crippen LogP contribution in [0.4, 0.5) is 0 Å². The molecule has 0 aliphatic carbocycles. The zero-order valence-corrected chi connectivity index (χ0v) is 10.1. The first kappa shape index (κ1) is 12.0. The lowest BCUT2D eigenvalue weighted by atomic mass is 10.1. The lowest BCUT2D eigenvalue weighted by molar-refractivity contribution is 0.110. The van der Waals surface area contributed by atoms with Crippen LogP contribution in [-0.4, -0.2) is 62.2 Å². The summed E-state index contributed by atoms with van der Waals surface area (Å²) in [6.45, 7) is 9.50. The summed E-state index contributed by atoms with van der Waals surface area (Å²) >= 11 is 0. The number of hydrogen-bond acceptors (Lipinski definition) is 3. The van der Waals surface area contributed by atoms with Gasteiger partial charge in [-0.2, -0.15) is 0 Å². The van der Waals surface area contributed by atoms with E-state index in [9.17, 15) is 0 Å². The van der Waals surface area contributed by atoms with Gasteiger partial charge < -0.3 is 10.2 Å². The second-order valence-electron chi connectivity index (χ2n) is 4.61. The fourth-order valence-electron chi connectivity index (χ4n) is 2.04. The Bertz CT molecular complexity index is 153. The molecule has 1 aliphatic rings. The van der Waals surface area contributed by atoms with Gasteiger partial charge in [0.1, 0.15) is 0 Å². The van der Waals surface area contributed by atoms with E-state index in [0.29, 0.717) is 12.1 Å². The summed E-state index contributed by atoms with van der Waals surface area (Å²) in [5.74, 6) is 0. The minimum absolute atomic E-state index is 0.629. The van der Waals surface area contributed by atoms with Crippen LogP contribution in [0.3, 0.4) is 0 Å². The molecule has 1 fully saturated rings. The van der Waals surface area contributed by atoms with E-state index in [1.54, 1.807) is 0 Å². The summed E-state index contributed by atoms with van der Waals surface area (Å²) in [7, 11) is 4.25. The summed E-state index contributed by atoms with van der Waals surface area (Å²) in [6, 6.07) is 1.34. The first-order chi connectivity index (χ1) is 6.63. The standard InChI is InChI=1S/C11H25N3/c1-10(12-3)9-11(2)14-7-5-13(4)6-8-14/h10-12H,5-9H2,1-4H3. The predicted molar refractivity (Wildman–Crippen MR) is 61.7 cm³/mol. The highest BCUT2D eigenvalue weighted by Gasteiger charge is 2.19. The molecule has 1 N–H and O–H groups in total. The highest BCUT2D eigenvalue weighted by Crippen LogP contribution is 2.09. The van der Waals surface area contributed by atoms with Crippen molar-refractivity contribution in [2.24, 2.45) is 0 Å². The molecule has 0 amide bonds. The average Bonchev–Trinajstić information content (AvgIpc) is 2.18. The fourth-order valence-corrected chi connectivity index (χ4v) is 2.04. The number of rotatable bonds is 4. The molecule has 0 aromatic rings. The molecule has 0 spiro atoms. The van der Waals surface area contributed by atoms with Crippen LogP contribution in [0, 0.1) is 0 Å². The zero-order valence-electron chi connectivity index (χ0n) is 10.1. The highest BCUT2D eigenvalue weighted by molar-refractivity contribution is 4.77. The quantitative estimate of drug-likeness (QED) is 0.716. The van der Waals surface area contributed by atoms with Gasteiger partial charge in [-0.05, 0) is 34.4 Å². The van der Waals surface area contributed by atoms with E-state index < -0.39 is 0 Å². The summed E-state index contributed by atoms with van der Waals surface area (Å²) < 4.78 is 0. The maximum Gasteiger partial charge on any atom is 0.0113 e. The molecule has 0 bridgehead atoms. The van der Waals surface area contributed by atoms with Gasteiger partial charge in [0.2, 0.25) is 0 Å². The Hall–Kier alpha value is -0.120. The number of nitrogens with one attached hydrogen (secondary N) is 1. The van der Waals surface area contributed by atoms with Crippen molar-refractivity contribution in [3.05, 3.63) is 0 Å². The van der Waals surface area contributed by atoms with E-state index in [-0.39, 0.29) is 0 Å². The van der Waals surface area contributed by atoms with E-state index in [1.165, 1.54) is 32.6 Å². The van der Waals surface area contributed by atoms with Crippen molar-refractivity contribution in [1.29, 1.82) is 0 Å². The molecule has 1 heterocycles. The second-order valence-corrected chi connectivity index (χ2v) is 4.61. The van der Waals surface area contributed by atoms with Gasteiger partial charge >= 0.3 is 0 Å². The molecule has 3 heteroatoms. The molecule has 1 saturated heterocycles. The van der Waals surface area contributed by atoms with Gasteiger partial charge in [-0.25, -0.2) is 0 Å². The molecule has 0 radical (unpaired) electrons. The molecule has 0 aromatic heterocycles. The van der Waals surface area contributed by atoms with E-state index >= 15 is 0 Å². The van der Waals surface area contributed by atoms with Crippen molar-refractivity contribution < 1.29 is 0 Å². The van der Waals surface area contributed by atoms with Crippen LogP contribution >= 0.6 is 0 Å². The van der Waals surface area contributed by atoms with Gasteiger partial charge in [-0.1, -0.05) is 0 Å². The topological polar surface area (TPSA) is 18.5 Å². The predicted octanol–water partition coefficient (Wildman–Crippen LogP) is 0.620. The van der Waals surface area contributed by atoms with Crippen LogP contribution in [0.25, 0.3) is 0 Å². The Kier molecular flexibility index (Phi) is 4.85. The highest BCUT2D eigenvalue weighted by atomic mass is 15.3. The number of piperazine rings is 1. The van der Waals surface area contributed by atoms with Crippen molar-refractivity contribution in [3.63, 3.8) is 0 Å². The Morgan fingerprint density at radius 1 is 1.14 bits per heavy atom. The molecule has 2 unspecified atom stereocenters. The third kappa shape index (κ3) is 3.56. The molecular weight excluding hydrogens is 174 g/mol. The SMILES string of the molecule is CNC(C)CC(C)N1CCN(C)CC1. The van der Waals surface area contributed by atoms with Crippen LogP contribution in [0.5, 0.6) is 0 Å². The summed E-state index contributed by atoms with van der Waals surface area (Å²) in [5, 5.41) is 3.31. The smallest absolute Gasteiger partial charge is 0.0113 e. The molecule has 0 aromatic carbocycles. The van der Waals surface area contributed by atoms with Crippen molar-refractivity contribution in [2.75, 3.05) is 40.3 Å². The lowest BCUT2D eigenvalue weighted by Crippen LogP contribution is -2.49. The average molecular weight is 199 g/mol. The molecule has 84 valence electrons. The molecule has 1 rings (SSSR count). The van der Waals surface area contributed by atoms with Crippen molar-refractivity contribution in [1.82, 2.24) is 15.1 Å². The molecule has 2 atom stereocenters. The molecule has 0 saturated carbocycles. The van der Waals surface area contributed by atoms with Crippen LogP contribution in [-0.2, 0) is 0 Å². The van der Waals surface area contributed by atoms with Crippen molar-refractivity contribution in [3.8, 4) is 0 Å². The third-order valence-electron chi connectivity index (χ3n) is 3.35. The van der Waals surface area contributed by atoms with Gasteiger partial charge in [-0.3, -0.25) is 4.90 Å². The Balaban J connectivity index is 2.26. The Labute approximate surface area is 88.5 Å². The Morgan fingerprint density at radius 3 is 2.21 bits per heavy atom. The van der Waals surface area contributed by atoms with E-state index in [0.717, 1.165) is 0 Å². The van der Waals surface area contributed by atoms with Gasteiger partial charge in [-0.15, -0.1) is 0 Å². The van der Waals surface area contributed by atoms with Crippen LogP contribution in [0.1, 0.15) is 20.3 Å².